The van der Waals surface area contributed by atoms with Crippen molar-refractivity contribution in [3.05, 3.63) is 64.2 Å². The number of hydrogen-bond donors (Lipinski definition) is 1. The molecule has 0 bridgehead atoms. The molecule has 0 aromatic heterocycles. The molecule has 4 rings (SSSR count). The van der Waals surface area contributed by atoms with E-state index in [2.05, 4.69) is 47.3 Å². The number of morpholine rings is 1. The van der Waals surface area contributed by atoms with Gasteiger partial charge in [0, 0.05) is 44.5 Å². The van der Waals surface area contributed by atoms with Gasteiger partial charge in [-0.05, 0) is 67.1 Å². The summed E-state index contributed by atoms with van der Waals surface area (Å²) < 4.78 is 5.57. The smallest absolute Gasteiger partial charge is 0.251 e. The summed E-state index contributed by atoms with van der Waals surface area (Å²) in [7, 11) is 2.17. The molecular formula is C25H33N3O2. The molecule has 2 aliphatic heterocycles. The number of carbonyl (C=O) groups excluding carboxylic acids is 1. The molecule has 5 heteroatoms. The summed E-state index contributed by atoms with van der Waals surface area (Å²) in [5.74, 6) is -0.00551. The van der Waals surface area contributed by atoms with E-state index in [1.807, 2.05) is 25.1 Å². The molecule has 2 aromatic rings. The Hall–Kier alpha value is -2.37. The van der Waals surface area contributed by atoms with E-state index in [0.717, 1.165) is 50.4 Å². The van der Waals surface area contributed by atoms with Crippen LogP contribution in [0.3, 0.4) is 0 Å². The van der Waals surface area contributed by atoms with E-state index in [9.17, 15) is 4.79 Å². The van der Waals surface area contributed by atoms with Crippen LogP contribution in [-0.4, -0.2) is 57.2 Å². The molecule has 1 fully saturated rings. The summed E-state index contributed by atoms with van der Waals surface area (Å²) >= 11 is 0. The maximum Gasteiger partial charge on any atom is 0.251 e. The fourth-order valence-electron chi connectivity index (χ4n) is 4.53. The average Bonchev–Trinajstić information content (AvgIpc) is 2.76. The van der Waals surface area contributed by atoms with Crippen LogP contribution in [0.25, 0.3) is 0 Å². The van der Waals surface area contributed by atoms with Crippen LogP contribution in [0.1, 0.15) is 45.1 Å². The lowest BCUT2D eigenvalue weighted by Gasteiger charge is -2.36. The number of aryl methyl sites for hydroxylation is 3. The molecule has 0 radical (unpaired) electrons. The summed E-state index contributed by atoms with van der Waals surface area (Å²) in [6.07, 6.45) is 2.32. The van der Waals surface area contributed by atoms with Crippen LogP contribution in [0.5, 0.6) is 0 Å². The molecule has 1 atom stereocenters. The largest absolute Gasteiger partial charge is 0.379 e. The number of rotatable bonds is 5. The third kappa shape index (κ3) is 4.52. The van der Waals surface area contributed by atoms with E-state index in [1.165, 1.54) is 28.8 Å². The third-order valence-corrected chi connectivity index (χ3v) is 6.55. The first-order valence-corrected chi connectivity index (χ1v) is 11.0. The minimum atomic E-state index is -0.00551. The molecule has 160 valence electrons. The Labute approximate surface area is 180 Å². The molecule has 5 nitrogen and oxygen atoms in total. The normalized spacial score (nSPS) is 18.0. The summed E-state index contributed by atoms with van der Waals surface area (Å²) in [5.41, 5.74) is 7.12. The highest BCUT2D eigenvalue weighted by Gasteiger charge is 2.25. The second-order valence-corrected chi connectivity index (χ2v) is 8.59. The van der Waals surface area contributed by atoms with Crippen molar-refractivity contribution in [2.45, 2.75) is 32.7 Å². The van der Waals surface area contributed by atoms with E-state index in [4.69, 9.17) is 4.74 Å². The van der Waals surface area contributed by atoms with Crippen LogP contribution in [0, 0.1) is 13.8 Å². The van der Waals surface area contributed by atoms with Gasteiger partial charge in [-0.1, -0.05) is 18.2 Å². The van der Waals surface area contributed by atoms with Crippen LogP contribution in [-0.2, 0) is 11.2 Å². The van der Waals surface area contributed by atoms with E-state index >= 15 is 0 Å². The van der Waals surface area contributed by atoms with Crippen molar-refractivity contribution in [1.82, 2.24) is 10.2 Å². The number of benzene rings is 2. The number of anilines is 1. The van der Waals surface area contributed by atoms with Gasteiger partial charge in [-0.25, -0.2) is 0 Å². The van der Waals surface area contributed by atoms with Gasteiger partial charge in [-0.3, -0.25) is 9.69 Å². The van der Waals surface area contributed by atoms with Crippen molar-refractivity contribution in [3.8, 4) is 0 Å². The van der Waals surface area contributed by atoms with Gasteiger partial charge in [0.1, 0.15) is 0 Å². The minimum absolute atomic E-state index is 0.00551. The summed E-state index contributed by atoms with van der Waals surface area (Å²) in [6, 6.07) is 12.9. The molecule has 1 saturated heterocycles. The maximum atomic E-state index is 12.8. The van der Waals surface area contributed by atoms with Gasteiger partial charge in [-0.15, -0.1) is 0 Å². The number of fused-ring (bicyclic) bond motifs is 1. The second-order valence-electron chi connectivity index (χ2n) is 8.59. The Balaban J connectivity index is 1.54. The predicted octanol–water partition coefficient (Wildman–Crippen LogP) is 3.49. The van der Waals surface area contributed by atoms with E-state index in [0.29, 0.717) is 6.54 Å². The standard InChI is InChI=1S/C25H33N3O2/c1-18-6-7-22(15-19(18)2)25(29)26-17-24(28-11-13-30-14-12-28)21-8-9-23-20(16-21)5-4-10-27(23)3/h6-9,15-16,24H,4-5,10-14,17H2,1-3H3,(H,26,29). The van der Waals surface area contributed by atoms with Gasteiger partial charge >= 0.3 is 0 Å². The molecular weight excluding hydrogens is 374 g/mol. The molecule has 0 spiro atoms. The summed E-state index contributed by atoms with van der Waals surface area (Å²) in [5, 5.41) is 3.20. The number of amides is 1. The van der Waals surface area contributed by atoms with Crippen LogP contribution in [0.15, 0.2) is 36.4 Å². The molecule has 30 heavy (non-hydrogen) atoms. The van der Waals surface area contributed by atoms with Gasteiger partial charge < -0.3 is 15.0 Å². The Morgan fingerprint density at radius 1 is 1.07 bits per heavy atom. The monoisotopic (exact) mass is 407 g/mol. The van der Waals surface area contributed by atoms with Crippen molar-refractivity contribution in [1.29, 1.82) is 0 Å². The predicted molar refractivity (Wildman–Crippen MR) is 121 cm³/mol. The second kappa shape index (κ2) is 9.19. The van der Waals surface area contributed by atoms with Crippen LogP contribution < -0.4 is 10.2 Å². The molecule has 1 amide bonds. The number of nitrogens with one attached hydrogen (secondary N) is 1. The van der Waals surface area contributed by atoms with Crippen molar-refractivity contribution >= 4 is 11.6 Å². The molecule has 2 aromatic carbocycles. The SMILES string of the molecule is Cc1ccc(C(=O)NCC(c2ccc3c(c2)CCCN3C)N2CCOCC2)cc1C. The lowest BCUT2D eigenvalue weighted by molar-refractivity contribution is 0.0162. The van der Waals surface area contributed by atoms with Gasteiger partial charge in [0.15, 0.2) is 0 Å². The van der Waals surface area contributed by atoms with Gasteiger partial charge in [0.05, 0.1) is 19.3 Å². The molecule has 1 unspecified atom stereocenters. The summed E-state index contributed by atoms with van der Waals surface area (Å²) in [6.45, 7) is 9.10. The van der Waals surface area contributed by atoms with Gasteiger partial charge in [0.2, 0.25) is 0 Å². The first-order chi connectivity index (χ1) is 14.5. The molecule has 2 heterocycles. The highest BCUT2D eigenvalue weighted by atomic mass is 16.5. The van der Waals surface area contributed by atoms with Crippen LogP contribution in [0.4, 0.5) is 5.69 Å². The fourth-order valence-corrected chi connectivity index (χ4v) is 4.53. The van der Waals surface area contributed by atoms with Crippen molar-refractivity contribution in [2.75, 3.05) is 51.3 Å². The van der Waals surface area contributed by atoms with Crippen LogP contribution in [0.2, 0.25) is 0 Å². The minimum Gasteiger partial charge on any atom is -0.379 e. The summed E-state index contributed by atoms with van der Waals surface area (Å²) in [4.78, 5) is 17.6. The Kier molecular flexibility index (Phi) is 6.40. The molecule has 2 aliphatic rings. The lowest BCUT2D eigenvalue weighted by Crippen LogP contribution is -2.44. The average molecular weight is 408 g/mol. The molecule has 0 saturated carbocycles. The zero-order valence-corrected chi connectivity index (χ0v) is 18.4. The fraction of sp³-hybridized carbons (Fsp3) is 0.480. The Bertz CT molecular complexity index is 905. The van der Waals surface area contributed by atoms with Crippen LogP contribution >= 0.6 is 0 Å². The number of carbonyl (C=O) groups is 1. The topological polar surface area (TPSA) is 44.8 Å². The van der Waals surface area contributed by atoms with Gasteiger partial charge in [-0.2, -0.15) is 0 Å². The highest BCUT2D eigenvalue weighted by molar-refractivity contribution is 5.94. The van der Waals surface area contributed by atoms with Crippen molar-refractivity contribution in [2.24, 2.45) is 0 Å². The lowest BCUT2D eigenvalue weighted by atomic mass is 9.95. The zero-order valence-electron chi connectivity index (χ0n) is 18.4. The van der Waals surface area contributed by atoms with E-state index in [-0.39, 0.29) is 11.9 Å². The quantitative estimate of drug-likeness (QED) is 0.824. The zero-order chi connectivity index (χ0) is 21.1. The first kappa shape index (κ1) is 20.9. The van der Waals surface area contributed by atoms with Crippen molar-refractivity contribution in [3.63, 3.8) is 0 Å². The molecule has 1 N–H and O–H groups in total. The van der Waals surface area contributed by atoms with Gasteiger partial charge in [0.25, 0.3) is 5.91 Å². The first-order valence-electron chi connectivity index (χ1n) is 11.0. The van der Waals surface area contributed by atoms with Crippen molar-refractivity contribution < 1.29 is 9.53 Å². The number of nitrogens with zero attached hydrogens (tertiary/aromatic N) is 2. The van der Waals surface area contributed by atoms with E-state index < -0.39 is 0 Å². The number of ether oxygens (including phenoxy) is 1. The Morgan fingerprint density at radius 3 is 2.63 bits per heavy atom. The third-order valence-electron chi connectivity index (χ3n) is 6.55. The van der Waals surface area contributed by atoms with E-state index in [1.54, 1.807) is 0 Å². The number of hydrogen-bond acceptors (Lipinski definition) is 4. The highest BCUT2D eigenvalue weighted by Crippen LogP contribution is 2.31. The maximum absolute atomic E-state index is 12.8. The molecule has 0 aliphatic carbocycles. The Morgan fingerprint density at radius 2 is 1.87 bits per heavy atom.